The first kappa shape index (κ1) is 13.7. The molecule has 0 bridgehead atoms. The summed E-state index contributed by atoms with van der Waals surface area (Å²) in [6, 6.07) is 0. The minimum absolute atomic E-state index is 0.0286. The fraction of sp³-hybridized carbons (Fsp3) is 0.800. The van der Waals surface area contributed by atoms with Crippen molar-refractivity contribution in [1.82, 2.24) is 5.32 Å². The van der Waals surface area contributed by atoms with E-state index in [2.05, 4.69) is 24.3 Å². The molecule has 0 rings (SSSR count). The van der Waals surface area contributed by atoms with Gasteiger partial charge < -0.3 is 16.3 Å². The van der Waals surface area contributed by atoms with Gasteiger partial charge in [0.05, 0.1) is 5.92 Å². The first-order valence-corrected chi connectivity index (χ1v) is 5.31. The molecule has 0 radical (unpaired) electrons. The Morgan fingerprint density at radius 3 is 2.47 bits per heavy atom. The van der Waals surface area contributed by atoms with E-state index in [0.29, 0.717) is 18.9 Å². The van der Waals surface area contributed by atoms with Crippen LogP contribution in [0.5, 0.6) is 0 Å². The van der Waals surface area contributed by atoms with Gasteiger partial charge in [0.25, 0.3) is 0 Å². The van der Waals surface area contributed by atoms with Gasteiger partial charge in [-0.25, -0.2) is 0 Å². The van der Waals surface area contributed by atoms with Gasteiger partial charge in [-0.05, 0) is 12.3 Å². The summed E-state index contributed by atoms with van der Waals surface area (Å²) >= 11 is 0. The monoisotopic (exact) mass is 215 g/mol. The molecule has 0 aliphatic rings. The topological polar surface area (TPSA) is 87.7 Å². The van der Waals surface area contributed by atoms with Crippen molar-refractivity contribution in [3.63, 3.8) is 0 Å². The summed E-state index contributed by atoms with van der Waals surface area (Å²) in [5.74, 6) is -0.287. The van der Waals surface area contributed by atoms with E-state index in [1.807, 2.05) is 6.92 Å². The van der Waals surface area contributed by atoms with E-state index in [1.54, 1.807) is 0 Å². The summed E-state index contributed by atoms with van der Waals surface area (Å²) < 4.78 is 0. The minimum atomic E-state index is -0.529. The lowest BCUT2D eigenvalue weighted by molar-refractivity contribution is -0.123. The van der Waals surface area contributed by atoms with Crippen molar-refractivity contribution in [2.45, 2.75) is 33.6 Å². The Bertz CT molecular complexity index is 229. The Hall–Kier alpha value is -1.26. The molecule has 5 heteroatoms. The molecular formula is C10H21N3O2. The number of nitrogens with zero attached hydrogens (tertiary/aromatic N) is 1. The predicted molar refractivity (Wildman–Crippen MR) is 59.7 cm³/mol. The Morgan fingerprint density at radius 1 is 1.47 bits per heavy atom. The van der Waals surface area contributed by atoms with E-state index in [4.69, 9.17) is 10.9 Å². The number of hydrogen-bond acceptors (Lipinski definition) is 3. The van der Waals surface area contributed by atoms with Gasteiger partial charge in [0.2, 0.25) is 5.91 Å². The van der Waals surface area contributed by atoms with Crippen LogP contribution in [0.1, 0.15) is 33.6 Å². The lowest BCUT2D eigenvalue weighted by Crippen LogP contribution is -2.40. The van der Waals surface area contributed by atoms with Crippen LogP contribution in [0.3, 0.4) is 0 Å². The average Bonchev–Trinajstić information content (AvgIpc) is 2.26. The molecule has 2 atom stereocenters. The zero-order valence-corrected chi connectivity index (χ0v) is 9.66. The second kappa shape index (κ2) is 7.09. The van der Waals surface area contributed by atoms with Crippen LogP contribution in [0.15, 0.2) is 5.16 Å². The number of nitrogens with one attached hydrogen (secondary N) is 1. The predicted octanol–water partition coefficient (Wildman–Crippen LogP) is 0.921. The van der Waals surface area contributed by atoms with Crippen LogP contribution in [0.4, 0.5) is 0 Å². The van der Waals surface area contributed by atoms with Crippen molar-refractivity contribution >= 4 is 11.7 Å². The molecule has 0 spiro atoms. The molecule has 0 aromatic carbocycles. The van der Waals surface area contributed by atoms with Gasteiger partial charge in [0.15, 0.2) is 5.84 Å². The van der Waals surface area contributed by atoms with Crippen LogP contribution in [-0.2, 0) is 4.79 Å². The third-order valence-corrected chi connectivity index (χ3v) is 2.52. The number of amidine groups is 1. The Morgan fingerprint density at radius 2 is 2.07 bits per heavy atom. The number of oxime groups is 1. The first-order chi connectivity index (χ1) is 7.06. The molecule has 0 heterocycles. The number of carbonyl (C=O) groups is 1. The smallest absolute Gasteiger partial charge is 0.230 e. The summed E-state index contributed by atoms with van der Waals surface area (Å²) in [6.45, 7) is 6.58. The van der Waals surface area contributed by atoms with Crippen LogP contribution in [0, 0.1) is 11.8 Å². The number of rotatable bonds is 6. The zero-order valence-electron chi connectivity index (χ0n) is 9.66. The molecule has 15 heavy (non-hydrogen) atoms. The van der Waals surface area contributed by atoms with E-state index in [-0.39, 0.29) is 11.7 Å². The number of hydrogen-bond donors (Lipinski definition) is 3. The maximum atomic E-state index is 11.6. The fourth-order valence-electron chi connectivity index (χ4n) is 1.14. The van der Waals surface area contributed by atoms with Gasteiger partial charge in [0.1, 0.15) is 0 Å². The molecule has 0 aliphatic heterocycles. The first-order valence-electron chi connectivity index (χ1n) is 5.31. The Labute approximate surface area is 90.7 Å². The van der Waals surface area contributed by atoms with Crippen LogP contribution >= 0.6 is 0 Å². The summed E-state index contributed by atoms with van der Waals surface area (Å²) in [5.41, 5.74) is 5.41. The van der Waals surface area contributed by atoms with Gasteiger partial charge in [-0.15, -0.1) is 0 Å². The fourth-order valence-corrected chi connectivity index (χ4v) is 1.14. The van der Waals surface area contributed by atoms with Crippen LogP contribution in [0.2, 0.25) is 0 Å². The van der Waals surface area contributed by atoms with Crippen molar-refractivity contribution in [3.8, 4) is 0 Å². The quantitative estimate of drug-likeness (QED) is 0.266. The van der Waals surface area contributed by atoms with E-state index in [9.17, 15) is 4.79 Å². The largest absolute Gasteiger partial charge is 0.409 e. The van der Waals surface area contributed by atoms with Crippen molar-refractivity contribution in [2.75, 3.05) is 6.54 Å². The maximum absolute atomic E-state index is 11.6. The Balaban J connectivity index is 4.17. The molecule has 5 nitrogen and oxygen atoms in total. The molecular weight excluding hydrogens is 194 g/mol. The third kappa shape index (κ3) is 4.67. The molecule has 2 unspecified atom stereocenters. The second-order valence-electron chi connectivity index (χ2n) is 3.74. The lowest BCUT2D eigenvalue weighted by Gasteiger charge is -2.15. The van der Waals surface area contributed by atoms with Crippen LogP contribution in [0.25, 0.3) is 0 Å². The van der Waals surface area contributed by atoms with Gasteiger partial charge in [0, 0.05) is 6.54 Å². The summed E-state index contributed by atoms with van der Waals surface area (Å²) in [4.78, 5) is 11.6. The molecule has 0 fully saturated rings. The normalized spacial score (nSPS) is 15.8. The lowest BCUT2D eigenvalue weighted by atomic mass is 10.0. The summed E-state index contributed by atoms with van der Waals surface area (Å²) in [6.07, 6.45) is 1.54. The molecule has 0 saturated carbocycles. The van der Waals surface area contributed by atoms with E-state index in [1.165, 1.54) is 0 Å². The summed E-state index contributed by atoms with van der Waals surface area (Å²) in [7, 11) is 0. The van der Waals surface area contributed by atoms with Gasteiger partial charge in [-0.3, -0.25) is 4.79 Å². The van der Waals surface area contributed by atoms with Crippen molar-refractivity contribution in [3.05, 3.63) is 0 Å². The van der Waals surface area contributed by atoms with Crippen molar-refractivity contribution < 1.29 is 10.0 Å². The van der Waals surface area contributed by atoms with Gasteiger partial charge in [-0.1, -0.05) is 32.3 Å². The van der Waals surface area contributed by atoms with Gasteiger partial charge in [-0.2, -0.15) is 0 Å². The molecule has 0 saturated heterocycles. The van der Waals surface area contributed by atoms with Crippen LogP contribution < -0.4 is 11.1 Å². The maximum Gasteiger partial charge on any atom is 0.230 e. The number of nitrogens with two attached hydrogens (primary N) is 1. The second-order valence-corrected chi connectivity index (χ2v) is 3.74. The minimum Gasteiger partial charge on any atom is -0.409 e. The standard InChI is InChI=1S/C10H21N3O2/c1-4-7(3)6-12-10(14)8(5-2)9(11)13-15/h7-8,15H,4-6H2,1-3H3,(H2,11,13)(H,12,14). The molecule has 88 valence electrons. The highest BCUT2D eigenvalue weighted by molar-refractivity contribution is 6.01. The Kier molecular flexibility index (Phi) is 6.49. The molecule has 0 aromatic rings. The highest BCUT2D eigenvalue weighted by Crippen LogP contribution is 2.04. The third-order valence-electron chi connectivity index (χ3n) is 2.52. The van der Waals surface area contributed by atoms with Gasteiger partial charge >= 0.3 is 0 Å². The van der Waals surface area contributed by atoms with Crippen molar-refractivity contribution in [1.29, 1.82) is 0 Å². The number of amides is 1. The SMILES string of the molecule is CCC(C)CNC(=O)C(CC)C(N)=NO. The molecule has 4 N–H and O–H groups in total. The highest BCUT2D eigenvalue weighted by atomic mass is 16.4. The van der Waals surface area contributed by atoms with E-state index in [0.717, 1.165) is 6.42 Å². The number of carbonyl (C=O) groups excluding carboxylic acids is 1. The average molecular weight is 215 g/mol. The summed E-state index contributed by atoms with van der Waals surface area (Å²) in [5, 5.41) is 14.1. The van der Waals surface area contributed by atoms with Crippen molar-refractivity contribution in [2.24, 2.45) is 22.7 Å². The zero-order chi connectivity index (χ0) is 11.8. The molecule has 0 aromatic heterocycles. The van der Waals surface area contributed by atoms with E-state index < -0.39 is 5.92 Å². The van der Waals surface area contributed by atoms with E-state index >= 15 is 0 Å². The molecule has 1 amide bonds. The highest BCUT2D eigenvalue weighted by Gasteiger charge is 2.20. The molecule has 0 aliphatic carbocycles. The van der Waals surface area contributed by atoms with Crippen LogP contribution in [-0.4, -0.2) is 23.5 Å².